The molecule has 0 spiro atoms. The van der Waals surface area contributed by atoms with Gasteiger partial charge in [0.2, 0.25) is 0 Å². The van der Waals surface area contributed by atoms with Crippen molar-refractivity contribution in [3.8, 4) is 0 Å². The lowest BCUT2D eigenvalue weighted by molar-refractivity contribution is 0.0106. The summed E-state index contributed by atoms with van der Waals surface area (Å²) in [6.07, 6.45) is 2.91. The highest BCUT2D eigenvalue weighted by Gasteiger charge is 2.31. The minimum Gasteiger partial charge on any atom is -0.385 e. The molecule has 1 heterocycles. The lowest BCUT2D eigenvalue weighted by Crippen LogP contribution is -2.25. The van der Waals surface area contributed by atoms with Gasteiger partial charge >= 0.3 is 0 Å². The number of hydrogen-bond donors (Lipinski definition) is 2. The Balaban J connectivity index is 1.83. The van der Waals surface area contributed by atoms with Crippen molar-refractivity contribution >= 4 is 23.0 Å². The zero-order valence-electron chi connectivity index (χ0n) is 12.7. The molecule has 0 bridgehead atoms. The van der Waals surface area contributed by atoms with E-state index in [2.05, 4.69) is 10.6 Å². The Labute approximate surface area is 139 Å². The average molecular weight is 337 g/mol. The Morgan fingerprint density at radius 1 is 1.09 bits per heavy atom. The third kappa shape index (κ3) is 3.58. The second-order valence-electron chi connectivity index (χ2n) is 5.76. The summed E-state index contributed by atoms with van der Waals surface area (Å²) in [5.41, 5.74) is 2.61. The van der Waals surface area contributed by atoms with Gasteiger partial charge in [0.25, 0.3) is 5.92 Å². The van der Waals surface area contributed by atoms with Gasteiger partial charge in [-0.15, -0.1) is 0 Å². The molecule has 23 heavy (non-hydrogen) atoms. The molecule has 0 fully saturated rings. The fourth-order valence-corrected chi connectivity index (χ4v) is 3.11. The summed E-state index contributed by atoms with van der Waals surface area (Å²) >= 11 is 6.25. The van der Waals surface area contributed by atoms with Crippen molar-refractivity contribution in [2.24, 2.45) is 0 Å². The highest BCUT2D eigenvalue weighted by molar-refractivity contribution is 6.33. The Morgan fingerprint density at radius 2 is 1.87 bits per heavy atom. The fraction of sp³-hybridized carbons (Fsp3) is 0.333. The van der Waals surface area contributed by atoms with Gasteiger partial charge in [-0.2, -0.15) is 8.78 Å². The van der Waals surface area contributed by atoms with Gasteiger partial charge in [0.1, 0.15) is 0 Å². The van der Waals surface area contributed by atoms with Gasteiger partial charge < -0.3 is 10.6 Å². The normalized spacial score (nSPS) is 14.6. The Bertz CT molecular complexity index is 674. The van der Waals surface area contributed by atoms with Crippen LogP contribution in [0.4, 0.5) is 20.2 Å². The van der Waals surface area contributed by atoms with E-state index in [1.54, 1.807) is 24.3 Å². The van der Waals surface area contributed by atoms with E-state index in [-0.39, 0.29) is 5.56 Å². The number of nitrogens with one attached hydrogen (secondary N) is 2. The predicted molar refractivity (Wildman–Crippen MR) is 91.7 cm³/mol. The first-order valence-electron chi connectivity index (χ1n) is 7.80. The number of fused-ring (bicyclic) bond motifs is 1. The summed E-state index contributed by atoms with van der Waals surface area (Å²) in [5.74, 6) is -2.95. The molecule has 5 heteroatoms. The number of anilines is 2. The van der Waals surface area contributed by atoms with Crippen LogP contribution in [0.5, 0.6) is 0 Å². The highest BCUT2D eigenvalue weighted by atomic mass is 35.5. The van der Waals surface area contributed by atoms with Crippen molar-refractivity contribution in [3.63, 3.8) is 0 Å². The van der Waals surface area contributed by atoms with Crippen LogP contribution >= 0.6 is 11.6 Å². The molecular formula is C18H19ClF2N2. The second kappa shape index (κ2) is 6.75. The van der Waals surface area contributed by atoms with Gasteiger partial charge in [0.15, 0.2) is 0 Å². The summed E-state index contributed by atoms with van der Waals surface area (Å²) in [5, 5.41) is 6.70. The smallest absolute Gasteiger partial charge is 0.290 e. The van der Waals surface area contributed by atoms with E-state index in [1.165, 1.54) is 12.1 Å². The van der Waals surface area contributed by atoms with Crippen LogP contribution in [-0.4, -0.2) is 13.1 Å². The van der Waals surface area contributed by atoms with Crippen LogP contribution in [0.2, 0.25) is 5.02 Å². The number of halogens is 3. The molecule has 0 radical (unpaired) electrons. The molecule has 1 aliphatic rings. The minimum atomic E-state index is -2.95. The monoisotopic (exact) mass is 336 g/mol. The first-order chi connectivity index (χ1) is 11.1. The number of rotatable bonds is 4. The summed E-state index contributed by atoms with van der Waals surface area (Å²) < 4.78 is 28.7. The molecule has 0 saturated carbocycles. The van der Waals surface area contributed by atoms with Crippen LogP contribution in [0.25, 0.3) is 0 Å². The maximum absolute atomic E-state index is 14.4. The van der Waals surface area contributed by atoms with E-state index in [0.29, 0.717) is 10.7 Å². The van der Waals surface area contributed by atoms with Crippen molar-refractivity contribution in [1.82, 2.24) is 0 Å². The topological polar surface area (TPSA) is 24.1 Å². The Hall–Kier alpha value is -1.81. The van der Waals surface area contributed by atoms with Crippen molar-refractivity contribution < 1.29 is 8.78 Å². The van der Waals surface area contributed by atoms with Crippen LogP contribution in [0.1, 0.15) is 24.0 Å². The maximum atomic E-state index is 14.4. The molecule has 3 rings (SSSR count). The summed E-state index contributed by atoms with van der Waals surface area (Å²) in [7, 11) is 0. The van der Waals surface area contributed by atoms with E-state index >= 15 is 0 Å². The summed E-state index contributed by atoms with van der Waals surface area (Å²) in [6.45, 7) is 0.418. The van der Waals surface area contributed by atoms with Crippen LogP contribution < -0.4 is 10.6 Å². The number of alkyl halides is 2. The first-order valence-corrected chi connectivity index (χ1v) is 8.18. The second-order valence-corrected chi connectivity index (χ2v) is 6.16. The molecule has 0 atom stereocenters. The Kier molecular flexibility index (Phi) is 4.71. The van der Waals surface area contributed by atoms with Gasteiger partial charge in [0, 0.05) is 17.8 Å². The predicted octanol–water partition coefficient (Wildman–Crippen LogP) is 5.29. The fourth-order valence-electron chi connectivity index (χ4n) is 2.87. The molecule has 122 valence electrons. The lowest BCUT2D eigenvalue weighted by atomic mass is 10.0. The van der Waals surface area contributed by atoms with E-state index in [1.807, 2.05) is 6.07 Å². The molecule has 2 aromatic rings. The molecule has 2 N–H and O–H groups in total. The van der Waals surface area contributed by atoms with E-state index in [0.717, 1.165) is 37.1 Å². The standard InChI is InChI=1S/C18H19ClF2N2/c19-15-9-10-16-14(8-4-5-11-22-16)17(15)23-12-18(20,21)13-6-2-1-3-7-13/h1-3,6-7,9-10,22-23H,4-5,8,11-12H2. The van der Waals surface area contributed by atoms with E-state index in [9.17, 15) is 8.78 Å². The van der Waals surface area contributed by atoms with Crippen molar-refractivity contribution in [3.05, 3.63) is 58.6 Å². The minimum absolute atomic E-state index is 0.00349. The van der Waals surface area contributed by atoms with Gasteiger partial charge in [-0.25, -0.2) is 0 Å². The van der Waals surface area contributed by atoms with Gasteiger partial charge in [-0.1, -0.05) is 41.9 Å². The molecule has 2 nitrogen and oxygen atoms in total. The molecule has 0 aliphatic carbocycles. The van der Waals surface area contributed by atoms with Crippen LogP contribution in [0, 0.1) is 0 Å². The largest absolute Gasteiger partial charge is 0.385 e. The third-order valence-electron chi connectivity index (χ3n) is 4.11. The molecule has 0 saturated heterocycles. The summed E-state index contributed by atoms with van der Waals surface area (Å²) in [6, 6.07) is 11.5. The molecule has 0 amide bonds. The highest BCUT2D eigenvalue weighted by Crippen LogP contribution is 2.36. The van der Waals surface area contributed by atoms with Crippen molar-refractivity contribution in [2.75, 3.05) is 23.7 Å². The number of benzene rings is 2. The maximum Gasteiger partial charge on any atom is 0.290 e. The van der Waals surface area contributed by atoms with Crippen LogP contribution in [-0.2, 0) is 12.3 Å². The van der Waals surface area contributed by atoms with Crippen LogP contribution in [0.15, 0.2) is 42.5 Å². The average Bonchev–Trinajstić information content (AvgIpc) is 2.80. The molecule has 0 aromatic heterocycles. The summed E-state index contributed by atoms with van der Waals surface area (Å²) in [4.78, 5) is 0. The SMILES string of the molecule is FC(F)(CNc1c(Cl)ccc2c1CCCCN2)c1ccccc1. The zero-order valence-corrected chi connectivity index (χ0v) is 13.5. The quantitative estimate of drug-likeness (QED) is 0.792. The van der Waals surface area contributed by atoms with E-state index in [4.69, 9.17) is 11.6 Å². The first kappa shape index (κ1) is 16.1. The van der Waals surface area contributed by atoms with Crippen molar-refractivity contribution in [2.45, 2.75) is 25.2 Å². The van der Waals surface area contributed by atoms with Gasteiger partial charge in [-0.3, -0.25) is 0 Å². The van der Waals surface area contributed by atoms with E-state index < -0.39 is 12.5 Å². The number of hydrogen-bond acceptors (Lipinski definition) is 2. The third-order valence-corrected chi connectivity index (χ3v) is 4.43. The lowest BCUT2D eigenvalue weighted by Gasteiger charge is -2.21. The van der Waals surface area contributed by atoms with Gasteiger partial charge in [-0.05, 0) is 37.0 Å². The molecule has 1 aliphatic heterocycles. The van der Waals surface area contributed by atoms with Crippen molar-refractivity contribution in [1.29, 1.82) is 0 Å². The van der Waals surface area contributed by atoms with Crippen LogP contribution in [0.3, 0.4) is 0 Å². The molecule has 0 unspecified atom stereocenters. The molecule has 2 aromatic carbocycles. The molecular weight excluding hydrogens is 318 g/mol. The Morgan fingerprint density at radius 3 is 2.65 bits per heavy atom. The zero-order chi connectivity index (χ0) is 16.3. The van der Waals surface area contributed by atoms with Gasteiger partial charge in [0.05, 0.1) is 17.3 Å².